The molecule has 0 spiro atoms. The molecule has 0 aliphatic heterocycles. The fourth-order valence-electron chi connectivity index (χ4n) is 2.99. The van der Waals surface area contributed by atoms with Crippen LogP contribution >= 0.6 is 27.3 Å². The highest BCUT2D eigenvalue weighted by atomic mass is 79.9. The lowest BCUT2D eigenvalue weighted by Gasteiger charge is -2.07. The summed E-state index contributed by atoms with van der Waals surface area (Å²) in [4.78, 5) is 1.34. The van der Waals surface area contributed by atoms with Crippen molar-refractivity contribution in [2.24, 2.45) is 0 Å². The Morgan fingerprint density at radius 2 is 1.29 bits per heavy atom. The normalized spacial score (nSPS) is 11.1. The zero-order valence-electron chi connectivity index (χ0n) is 13.6. The molecule has 0 saturated heterocycles. The minimum Gasteiger partial charge on any atom is -0.134 e. The third kappa shape index (κ3) is 2.81. The van der Waals surface area contributed by atoms with Crippen molar-refractivity contribution >= 4 is 37.4 Å². The Hall–Kier alpha value is -1.90. The van der Waals surface area contributed by atoms with E-state index in [1.807, 2.05) is 11.3 Å². The Morgan fingerprint density at radius 1 is 0.708 bits per heavy atom. The minimum atomic E-state index is 1.13. The van der Waals surface area contributed by atoms with E-state index in [0.717, 1.165) is 4.47 Å². The standard InChI is InChI=1S/C22H17BrS/c1-14-3-7-16(8-4-14)21-19-12-11-18(23)13-20(19)24-22(21)17-9-5-15(2)6-10-17/h3-13H,1-2H3. The maximum atomic E-state index is 3.60. The summed E-state index contributed by atoms with van der Waals surface area (Å²) in [5.41, 5.74) is 6.49. The first-order valence-electron chi connectivity index (χ1n) is 7.98. The molecule has 0 amide bonds. The first-order valence-corrected chi connectivity index (χ1v) is 9.59. The average molecular weight is 393 g/mol. The molecule has 0 N–H and O–H groups in total. The van der Waals surface area contributed by atoms with Crippen LogP contribution in [0.25, 0.3) is 31.7 Å². The Balaban J connectivity index is 2.02. The maximum absolute atomic E-state index is 3.60. The average Bonchev–Trinajstić information content (AvgIpc) is 2.94. The zero-order chi connectivity index (χ0) is 16.7. The van der Waals surface area contributed by atoms with Crippen molar-refractivity contribution in [2.45, 2.75) is 13.8 Å². The summed E-state index contributed by atoms with van der Waals surface area (Å²) in [6.07, 6.45) is 0. The summed E-state index contributed by atoms with van der Waals surface area (Å²) < 4.78 is 2.44. The van der Waals surface area contributed by atoms with E-state index in [0.29, 0.717) is 0 Å². The summed E-state index contributed by atoms with van der Waals surface area (Å²) in [7, 11) is 0. The van der Waals surface area contributed by atoms with Gasteiger partial charge in [0.05, 0.1) is 0 Å². The predicted octanol–water partition coefficient (Wildman–Crippen LogP) is 7.61. The quantitative estimate of drug-likeness (QED) is 0.329. The van der Waals surface area contributed by atoms with Crippen molar-refractivity contribution in [3.05, 3.63) is 82.3 Å². The van der Waals surface area contributed by atoms with Crippen molar-refractivity contribution in [2.75, 3.05) is 0 Å². The van der Waals surface area contributed by atoms with Gasteiger partial charge in [0.2, 0.25) is 0 Å². The van der Waals surface area contributed by atoms with Crippen LogP contribution in [0.15, 0.2) is 71.2 Å². The number of aryl methyl sites for hydroxylation is 2. The van der Waals surface area contributed by atoms with Crippen LogP contribution in [0.1, 0.15) is 11.1 Å². The van der Waals surface area contributed by atoms with Crippen LogP contribution < -0.4 is 0 Å². The summed E-state index contributed by atoms with van der Waals surface area (Å²) in [5.74, 6) is 0. The predicted molar refractivity (Wildman–Crippen MR) is 110 cm³/mol. The molecule has 0 fully saturated rings. The first-order chi connectivity index (χ1) is 11.6. The van der Waals surface area contributed by atoms with Gasteiger partial charge in [0.25, 0.3) is 0 Å². The summed E-state index contributed by atoms with van der Waals surface area (Å²) in [5, 5.41) is 1.32. The molecular weight excluding hydrogens is 376 g/mol. The SMILES string of the molecule is Cc1ccc(-c2sc3cc(Br)ccc3c2-c2ccc(C)cc2)cc1. The molecule has 0 aliphatic rings. The van der Waals surface area contributed by atoms with Gasteiger partial charge in [0, 0.05) is 25.0 Å². The van der Waals surface area contributed by atoms with Crippen LogP contribution in [0.2, 0.25) is 0 Å². The lowest BCUT2D eigenvalue weighted by atomic mass is 9.98. The lowest BCUT2D eigenvalue weighted by Crippen LogP contribution is -1.82. The summed E-state index contributed by atoms with van der Waals surface area (Å²) in [6, 6.07) is 24.3. The monoisotopic (exact) mass is 392 g/mol. The van der Waals surface area contributed by atoms with Crippen molar-refractivity contribution in [1.82, 2.24) is 0 Å². The van der Waals surface area contributed by atoms with E-state index in [4.69, 9.17) is 0 Å². The third-order valence-electron chi connectivity index (χ3n) is 4.31. The van der Waals surface area contributed by atoms with Crippen molar-refractivity contribution in [3.63, 3.8) is 0 Å². The van der Waals surface area contributed by atoms with Gasteiger partial charge in [-0.25, -0.2) is 0 Å². The number of hydrogen-bond donors (Lipinski definition) is 0. The van der Waals surface area contributed by atoms with E-state index in [1.54, 1.807) is 0 Å². The zero-order valence-corrected chi connectivity index (χ0v) is 16.0. The largest absolute Gasteiger partial charge is 0.134 e. The van der Waals surface area contributed by atoms with Gasteiger partial charge in [-0.3, -0.25) is 0 Å². The highest BCUT2D eigenvalue weighted by Gasteiger charge is 2.15. The Bertz CT molecular complexity index is 1010. The number of halogens is 1. The fraction of sp³-hybridized carbons (Fsp3) is 0.0909. The summed E-state index contributed by atoms with van der Waals surface area (Å²) >= 11 is 5.47. The Morgan fingerprint density at radius 3 is 1.92 bits per heavy atom. The van der Waals surface area contributed by atoms with Crippen LogP contribution in [-0.2, 0) is 0 Å². The van der Waals surface area contributed by atoms with Crippen molar-refractivity contribution in [1.29, 1.82) is 0 Å². The van der Waals surface area contributed by atoms with Crippen LogP contribution in [-0.4, -0.2) is 0 Å². The molecule has 4 rings (SSSR count). The third-order valence-corrected chi connectivity index (χ3v) is 6.00. The second-order valence-electron chi connectivity index (χ2n) is 6.18. The van der Waals surface area contributed by atoms with E-state index in [-0.39, 0.29) is 0 Å². The molecule has 0 unspecified atom stereocenters. The minimum absolute atomic E-state index is 1.13. The lowest BCUT2D eigenvalue weighted by molar-refractivity contribution is 1.47. The molecule has 0 radical (unpaired) electrons. The molecule has 24 heavy (non-hydrogen) atoms. The van der Waals surface area contributed by atoms with Gasteiger partial charge in [0.15, 0.2) is 0 Å². The molecule has 1 heterocycles. The van der Waals surface area contributed by atoms with Crippen molar-refractivity contribution < 1.29 is 0 Å². The van der Waals surface area contributed by atoms with E-state index in [1.165, 1.54) is 42.8 Å². The maximum Gasteiger partial charge on any atom is 0.0433 e. The molecule has 0 nitrogen and oxygen atoms in total. The van der Waals surface area contributed by atoms with Gasteiger partial charge in [-0.2, -0.15) is 0 Å². The number of fused-ring (bicyclic) bond motifs is 1. The van der Waals surface area contributed by atoms with Gasteiger partial charge in [-0.05, 0) is 37.1 Å². The molecule has 3 aromatic carbocycles. The molecule has 2 heteroatoms. The second-order valence-corrected chi connectivity index (χ2v) is 8.15. The number of thiophene rings is 1. The first kappa shape index (κ1) is 15.6. The molecule has 0 atom stereocenters. The van der Waals surface area contributed by atoms with Gasteiger partial charge >= 0.3 is 0 Å². The fourth-order valence-corrected chi connectivity index (χ4v) is 4.77. The van der Waals surface area contributed by atoms with Gasteiger partial charge in [0.1, 0.15) is 0 Å². The number of rotatable bonds is 2. The van der Waals surface area contributed by atoms with Crippen LogP contribution in [0.5, 0.6) is 0 Å². The highest BCUT2D eigenvalue weighted by molar-refractivity contribution is 9.10. The van der Waals surface area contributed by atoms with Crippen LogP contribution in [0.3, 0.4) is 0 Å². The Labute approximate surface area is 154 Å². The Kier molecular flexibility index (Phi) is 4.03. The van der Waals surface area contributed by atoms with E-state index in [9.17, 15) is 0 Å². The number of hydrogen-bond acceptors (Lipinski definition) is 1. The molecular formula is C22H17BrS. The van der Waals surface area contributed by atoms with E-state index < -0.39 is 0 Å². The smallest absolute Gasteiger partial charge is 0.0433 e. The molecule has 0 aliphatic carbocycles. The second kappa shape index (κ2) is 6.19. The van der Waals surface area contributed by atoms with Crippen molar-refractivity contribution in [3.8, 4) is 21.6 Å². The molecule has 0 bridgehead atoms. The number of benzene rings is 3. The van der Waals surface area contributed by atoms with E-state index in [2.05, 4.69) is 96.5 Å². The van der Waals surface area contributed by atoms with Gasteiger partial charge in [-0.15, -0.1) is 11.3 Å². The van der Waals surface area contributed by atoms with E-state index >= 15 is 0 Å². The van der Waals surface area contributed by atoms with Gasteiger partial charge in [-0.1, -0.05) is 81.7 Å². The highest BCUT2D eigenvalue weighted by Crippen LogP contribution is 2.45. The topological polar surface area (TPSA) is 0 Å². The molecule has 4 aromatic rings. The molecule has 0 saturated carbocycles. The van der Waals surface area contributed by atoms with Gasteiger partial charge < -0.3 is 0 Å². The molecule has 1 aromatic heterocycles. The van der Waals surface area contributed by atoms with Crippen LogP contribution in [0, 0.1) is 13.8 Å². The summed E-state index contributed by atoms with van der Waals surface area (Å²) in [6.45, 7) is 4.26. The van der Waals surface area contributed by atoms with Crippen LogP contribution in [0.4, 0.5) is 0 Å². The molecule has 118 valence electrons.